The van der Waals surface area contributed by atoms with Crippen molar-refractivity contribution in [2.75, 3.05) is 33.9 Å². The van der Waals surface area contributed by atoms with Crippen LogP contribution in [0.3, 0.4) is 0 Å². The molecule has 0 aliphatic carbocycles. The number of hydrogen-bond donors (Lipinski definition) is 1. The van der Waals surface area contributed by atoms with Crippen LogP contribution in [0.15, 0.2) is 0 Å². The van der Waals surface area contributed by atoms with Gasteiger partial charge in [-0.1, -0.05) is 0 Å². The van der Waals surface area contributed by atoms with Gasteiger partial charge in [0.25, 0.3) is 0 Å². The van der Waals surface area contributed by atoms with Gasteiger partial charge in [-0.25, -0.2) is 0 Å². The molecule has 0 spiro atoms. The lowest BCUT2D eigenvalue weighted by Crippen LogP contribution is -2.20. The summed E-state index contributed by atoms with van der Waals surface area (Å²) < 4.78 is 9.33. The molecule has 0 amide bonds. The first kappa shape index (κ1) is 11.4. The summed E-state index contributed by atoms with van der Waals surface area (Å²) in [6.07, 6.45) is 1.40. The van der Waals surface area contributed by atoms with Gasteiger partial charge in [0.2, 0.25) is 0 Å². The van der Waals surface area contributed by atoms with E-state index in [9.17, 15) is 4.79 Å². The molecule has 12 heavy (non-hydrogen) atoms. The molecule has 0 atom stereocenters. The molecule has 0 heterocycles. The quantitative estimate of drug-likeness (QED) is 0.443. The Labute approximate surface area is 73.2 Å². The second kappa shape index (κ2) is 8.49. The molecule has 0 saturated carbocycles. The summed E-state index contributed by atoms with van der Waals surface area (Å²) in [4.78, 5) is 10.6. The molecule has 0 rings (SSSR count). The summed E-state index contributed by atoms with van der Waals surface area (Å²) in [7, 11) is 3.07. The number of rotatable bonds is 7. The minimum atomic E-state index is -0.172. The lowest BCUT2D eigenvalue weighted by molar-refractivity contribution is -0.140. The molecule has 1 N–H and O–H groups in total. The fourth-order valence-corrected chi connectivity index (χ4v) is 0.759. The standard InChI is InChI=1S/C8H17NO3/c1-11-7-3-5-9-6-4-8(10)12-2/h9H,3-7H2,1-2H3. The fourth-order valence-electron chi connectivity index (χ4n) is 0.759. The van der Waals surface area contributed by atoms with Crippen LogP contribution < -0.4 is 5.32 Å². The van der Waals surface area contributed by atoms with E-state index in [0.29, 0.717) is 13.0 Å². The molecule has 0 aromatic rings. The largest absolute Gasteiger partial charge is 0.469 e. The van der Waals surface area contributed by atoms with Crippen molar-refractivity contribution in [1.82, 2.24) is 5.32 Å². The van der Waals surface area contributed by atoms with Crippen LogP contribution in [-0.2, 0) is 14.3 Å². The Morgan fingerprint density at radius 1 is 1.33 bits per heavy atom. The highest BCUT2D eigenvalue weighted by atomic mass is 16.5. The number of carbonyl (C=O) groups excluding carboxylic acids is 1. The monoisotopic (exact) mass is 175 g/mol. The summed E-state index contributed by atoms with van der Waals surface area (Å²) in [5, 5.41) is 3.10. The van der Waals surface area contributed by atoms with Gasteiger partial charge in [-0.15, -0.1) is 0 Å². The van der Waals surface area contributed by atoms with Crippen molar-refractivity contribution in [1.29, 1.82) is 0 Å². The Kier molecular flexibility index (Phi) is 8.05. The maximum absolute atomic E-state index is 10.6. The van der Waals surface area contributed by atoms with Gasteiger partial charge in [-0.3, -0.25) is 4.79 Å². The zero-order valence-electron chi connectivity index (χ0n) is 7.76. The predicted molar refractivity (Wildman–Crippen MR) is 46.0 cm³/mol. The summed E-state index contributed by atoms with van der Waals surface area (Å²) in [5.74, 6) is -0.172. The van der Waals surface area contributed by atoms with Gasteiger partial charge in [0.05, 0.1) is 13.5 Å². The van der Waals surface area contributed by atoms with Gasteiger partial charge < -0.3 is 14.8 Å². The first-order chi connectivity index (χ1) is 5.81. The van der Waals surface area contributed by atoms with E-state index in [1.165, 1.54) is 7.11 Å². The SMILES string of the molecule is COCCCNCCC(=O)OC. The zero-order chi connectivity index (χ0) is 9.23. The molecule has 0 unspecified atom stereocenters. The molecule has 0 fully saturated rings. The van der Waals surface area contributed by atoms with E-state index in [1.807, 2.05) is 0 Å². The van der Waals surface area contributed by atoms with Crippen molar-refractivity contribution in [3.05, 3.63) is 0 Å². The van der Waals surface area contributed by atoms with Gasteiger partial charge >= 0.3 is 5.97 Å². The van der Waals surface area contributed by atoms with Crippen molar-refractivity contribution < 1.29 is 14.3 Å². The Bertz CT molecular complexity index is 117. The number of ether oxygens (including phenoxy) is 2. The molecule has 0 aliphatic rings. The van der Waals surface area contributed by atoms with Crippen LogP contribution in [0.4, 0.5) is 0 Å². The number of esters is 1. The lowest BCUT2D eigenvalue weighted by atomic mass is 10.4. The maximum atomic E-state index is 10.6. The van der Waals surface area contributed by atoms with E-state index in [1.54, 1.807) is 7.11 Å². The van der Waals surface area contributed by atoms with Crippen LogP contribution in [0.25, 0.3) is 0 Å². The third-order valence-corrected chi connectivity index (χ3v) is 1.44. The Morgan fingerprint density at radius 3 is 2.67 bits per heavy atom. The van der Waals surface area contributed by atoms with Crippen LogP contribution in [-0.4, -0.2) is 39.9 Å². The van der Waals surface area contributed by atoms with Crippen molar-refractivity contribution in [3.8, 4) is 0 Å². The number of nitrogens with one attached hydrogen (secondary N) is 1. The second-order valence-corrected chi connectivity index (χ2v) is 2.42. The van der Waals surface area contributed by atoms with Crippen molar-refractivity contribution in [2.45, 2.75) is 12.8 Å². The highest BCUT2D eigenvalue weighted by Gasteiger charge is 1.97. The van der Waals surface area contributed by atoms with Crippen LogP contribution in [0.1, 0.15) is 12.8 Å². The third-order valence-electron chi connectivity index (χ3n) is 1.44. The van der Waals surface area contributed by atoms with E-state index in [2.05, 4.69) is 10.1 Å². The van der Waals surface area contributed by atoms with Gasteiger partial charge in [0, 0.05) is 20.3 Å². The fraction of sp³-hybridized carbons (Fsp3) is 0.875. The number of hydrogen-bond acceptors (Lipinski definition) is 4. The lowest BCUT2D eigenvalue weighted by Gasteiger charge is -2.02. The maximum Gasteiger partial charge on any atom is 0.306 e. The van der Waals surface area contributed by atoms with Crippen LogP contribution >= 0.6 is 0 Å². The van der Waals surface area contributed by atoms with Gasteiger partial charge in [-0.05, 0) is 13.0 Å². The van der Waals surface area contributed by atoms with E-state index < -0.39 is 0 Å². The molecule has 72 valence electrons. The molecule has 4 heteroatoms. The molecule has 4 nitrogen and oxygen atoms in total. The molecular weight excluding hydrogens is 158 g/mol. The molecule has 0 saturated heterocycles. The van der Waals surface area contributed by atoms with E-state index in [-0.39, 0.29) is 5.97 Å². The summed E-state index contributed by atoms with van der Waals surface area (Å²) in [5.41, 5.74) is 0. The smallest absolute Gasteiger partial charge is 0.306 e. The Hall–Kier alpha value is -0.610. The highest BCUT2D eigenvalue weighted by molar-refractivity contribution is 5.69. The number of carbonyl (C=O) groups is 1. The zero-order valence-corrected chi connectivity index (χ0v) is 7.76. The topological polar surface area (TPSA) is 47.6 Å². The molecule has 0 aromatic heterocycles. The van der Waals surface area contributed by atoms with Crippen LogP contribution in [0.2, 0.25) is 0 Å². The summed E-state index contributed by atoms with van der Waals surface area (Å²) >= 11 is 0. The van der Waals surface area contributed by atoms with E-state index >= 15 is 0 Å². The first-order valence-electron chi connectivity index (χ1n) is 4.07. The predicted octanol–water partition coefficient (Wildman–Crippen LogP) is 0.176. The van der Waals surface area contributed by atoms with Gasteiger partial charge in [0.15, 0.2) is 0 Å². The molecule has 0 aromatic carbocycles. The molecule has 0 aliphatic heterocycles. The van der Waals surface area contributed by atoms with Crippen molar-refractivity contribution in [2.24, 2.45) is 0 Å². The summed E-state index contributed by atoms with van der Waals surface area (Å²) in [6.45, 7) is 2.31. The Balaban J connectivity index is 2.95. The minimum Gasteiger partial charge on any atom is -0.469 e. The van der Waals surface area contributed by atoms with Crippen molar-refractivity contribution >= 4 is 5.97 Å². The molecular formula is C8H17NO3. The molecule has 0 radical (unpaired) electrons. The van der Waals surface area contributed by atoms with Crippen molar-refractivity contribution in [3.63, 3.8) is 0 Å². The highest BCUT2D eigenvalue weighted by Crippen LogP contribution is 1.82. The first-order valence-corrected chi connectivity index (χ1v) is 4.07. The van der Waals surface area contributed by atoms with E-state index in [0.717, 1.165) is 19.6 Å². The third kappa shape index (κ3) is 7.50. The van der Waals surface area contributed by atoms with Gasteiger partial charge in [-0.2, -0.15) is 0 Å². The normalized spacial score (nSPS) is 9.83. The number of methoxy groups -OCH3 is 2. The van der Waals surface area contributed by atoms with E-state index in [4.69, 9.17) is 4.74 Å². The Morgan fingerprint density at radius 2 is 2.08 bits per heavy atom. The average Bonchev–Trinajstić information content (AvgIpc) is 2.10. The van der Waals surface area contributed by atoms with Gasteiger partial charge in [0.1, 0.15) is 0 Å². The van der Waals surface area contributed by atoms with Crippen LogP contribution in [0.5, 0.6) is 0 Å². The molecule has 0 bridgehead atoms. The minimum absolute atomic E-state index is 0.172. The summed E-state index contributed by atoms with van der Waals surface area (Å²) in [6, 6.07) is 0. The van der Waals surface area contributed by atoms with Crippen LogP contribution in [0, 0.1) is 0 Å². The second-order valence-electron chi connectivity index (χ2n) is 2.42. The average molecular weight is 175 g/mol.